The highest BCUT2D eigenvalue weighted by Gasteiger charge is 2.30. The SMILES string of the molecule is CCCN1CCC[C@@H]1c1c(OC)cccc1OC. The Morgan fingerprint density at radius 2 is 1.89 bits per heavy atom. The fraction of sp³-hybridized carbons (Fsp3) is 0.600. The van der Waals surface area contributed by atoms with Crippen molar-refractivity contribution in [2.45, 2.75) is 32.2 Å². The molecule has 0 unspecified atom stereocenters. The number of nitrogens with zero attached hydrogens (tertiary/aromatic N) is 1. The summed E-state index contributed by atoms with van der Waals surface area (Å²) in [6, 6.07) is 6.48. The molecule has 18 heavy (non-hydrogen) atoms. The van der Waals surface area contributed by atoms with E-state index in [2.05, 4.69) is 11.8 Å². The number of methoxy groups -OCH3 is 2. The van der Waals surface area contributed by atoms with Crippen LogP contribution in [0, 0.1) is 0 Å². The van der Waals surface area contributed by atoms with Crippen LogP contribution >= 0.6 is 0 Å². The zero-order valence-corrected chi connectivity index (χ0v) is 11.6. The number of ether oxygens (including phenoxy) is 2. The van der Waals surface area contributed by atoms with Crippen molar-refractivity contribution in [1.29, 1.82) is 0 Å². The molecule has 0 N–H and O–H groups in total. The van der Waals surface area contributed by atoms with Gasteiger partial charge in [0.1, 0.15) is 11.5 Å². The van der Waals surface area contributed by atoms with Crippen LogP contribution in [0.5, 0.6) is 11.5 Å². The highest BCUT2D eigenvalue weighted by Crippen LogP contribution is 2.42. The third-order valence-electron chi connectivity index (χ3n) is 3.67. The maximum atomic E-state index is 5.52. The van der Waals surface area contributed by atoms with E-state index >= 15 is 0 Å². The Hall–Kier alpha value is -1.22. The van der Waals surface area contributed by atoms with Gasteiger partial charge in [-0.05, 0) is 44.5 Å². The van der Waals surface area contributed by atoms with Crippen molar-refractivity contribution in [3.63, 3.8) is 0 Å². The first-order chi connectivity index (χ1) is 8.81. The maximum absolute atomic E-state index is 5.52. The Bertz CT molecular complexity index is 370. The minimum Gasteiger partial charge on any atom is -0.496 e. The molecule has 1 aromatic rings. The Balaban J connectivity index is 2.35. The van der Waals surface area contributed by atoms with Crippen LogP contribution < -0.4 is 9.47 Å². The number of benzene rings is 1. The molecule has 3 nitrogen and oxygen atoms in total. The summed E-state index contributed by atoms with van der Waals surface area (Å²) in [6.45, 7) is 4.56. The third kappa shape index (κ3) is 2.46. The first-order valence-electron chi connectivity index (χ1n) is 6.76. The molecule has 1 heterocycles. The van der Waals surface area contributed by atoms with Crippen LogP contribution in [0.3, 0.4) is 0 Å². The second kappa shape index (κ2) is 6.10. The van der Waals surface area contributed by atoms with Gasteiger partial charge in [-0.25, -0.2) is 0 Å². The van der Waals surface area contributed by atoms with Gasteiger partial charge in [-0.2, -0.15) is 0 Å². The normalized spacial score (nSPS) is 20.1. The molecular weight excluding hydrogens is 226 g/mol. The Morgan fingerprint density at radius 3 is 2.44 bits per heavy atom. The molecule has 1 aliphatic heterocycles. The molecule has 3 heteroatoms. The summed E-state index contributed by atoms with van der Waals surface area (Å²) in [5, 5.41) is 0. The minimum atomic E-state index is 0.441. The molecule has 1 aromatic carbocycles. The standard InChI is InChI=1S/C15H23NO2/c1-4-10-16-11-6-7-12(16)15-13(17-2)8-5-9-14(15)18-3/h5,8-9,12H,4,6-7,10-11H2,1-3H3/t12-/m1/s1. The molecule has 0 radical (unpaired) electrons. The van der Waals surface area contributed by atoms with E-state index in [1.54, 1.807) is 14.2 Å². The predicted molar refractivity (Wildman–Crippen MR) is 73.4 cm³/mol. The van der Waals surface area contributed by atoms with Crippen molar-refractivity contribution < 1.29 is 9.47 Å². The average molecular weight is 249 g/mol. The zero-order valence-electron chi connectivity index (χ0n) is 11.6. The summed E-state index contributed by atoms with van der Waals surface area (Å²) in [5.74, 6) is 1.89. The lowest BCUT2D eigenvalue weighted by Crippen LogP contribution is -2.24. The van der Waals surface area contributed by atoms with E-state index in [-0.39, 0.29) is 0 Å². The highest BCUT2D eigenvalue weighted by molar-refractivity contribution is 5.47. The smallest absolute Gasteiger partial charge is 0.127 e. The van der Waals surface area contributed by atoms with Gasteiger partial charge < -0.3 is 9.47 Å². The molecule has 1 saturated heterocycles. The van der Waals surface area contributed by atoms with Crippen LogP contribution in [0.4, 0.5) is 0 Å². The molecule has 0 aromatic heterocycles. The number of rotatable bonds is 5. The first kappa shape index (κ1) is 13.2. The summed E-state index contributed by atoms with van der Waals surface area (Å²) in [4.78, 5) is 2.54. The van der Waals surface area contributed by atoms with E-state index in [0.29, 0.717) is 6.04 Å². The minimum absolute atomic E-state index is 0.441. The van der Waals surface area contributed by atoms with E-state index < -0.39 is 0 Å². The summed E-state index contributed by atoms with van der Waals surface area (Å²) >= 11 is 0. The molecule has 0 bridgehead atoms. The lowest BCUT2D eigenvalue weighted by Gasteiger charge is -2.27. The van der Waals surface area contributed by atoms with Crippen molar-refractivity contribution >= 4 is 0 Å². The first-order valence-corrected chi connectivity index (χ1v) is 6.76. The molecule has 0 spiro atoms. The van der Waals surface area contributed by atoms with Gasteiger partial charge in [-0.15, -0.1) is 0 Å². The van der Waals surface area contributed by atoms with E-state index in [0.717, 1.165) is 18.0 Å². The van der Waals surface area contributed by atoms with E-state index in [1.807, 2.05) is 18.2 Å². The Labute approximate surface area is 110 Å². The van der Waals surface area contributed by atoms with Gasteiger partial charge >= 0.3 is 0 Å². The Morgan fingerprint density at radius 1 is 1.22 bits per heavy atom. The number of likely N-dealkylation sites (tertiary alicyclic amines) is 1. The van der Waals surface area contributed by atoms with Crippen LogP contribution in [0.25, 0.3) is 0 Å². The predicted octanol–water partition coefficient (Wildman–Crippen LogP) is 3.25. The van der Waals surface area contributed by atoms with Crippen LogP contribution in [0.15, 0.2) is 18.2 Å². The molecule has 2 rings (SSSR count). The lowest BCUT2D eigenvalue weighted by atomic mass is 10.0. The van der Waals surface area contributed by atoms with Crippen LogP contribution in [0.1, 0.15) is 37.8 Å². The van der Waals surface area contributed by atoms with Crippen molar-refractivity contribution in [1.82, 2.24) is 4.90 Å². The lowest BCUT2D eigenvalue weighted by molar-refractivity contribution is 0.245. The highest BCUT2D eigenvalue weighted by atomic mass is 16.5. The molecule has 0 aliphatic carbocycles. The van der Waals surface area contributed by atoms with Crippen molar-refractivity contribution in [2.75, 3.05) is 27.3 Å². The number of hydrogen-bond acceptors (Lipinski definition) is 3. The zero-order chi connectivity index (χ0) is 13.0. The molecule has 1 atom stereocenters. The van der Waals surface area contributed by atoms with Gasteiger partial charge in [0.2, 0.25) is 0 Å². The van der Waals surface area contributed by atoms with E-state index in [1.165, 1.54) is 31.4 Å². The molecular formula is C15H23NO2. The molecule has 0 saturated carbocycles. The molecule has 1 aliphatic rings. The Kier molecular flexibility index (Phi) is 4.48. The third-order valence-corrected chi connectivity index (χ3v) is 3.67. The van der Waals surface area contributed by atoms with Gasteiger partial charge in [-0.3, -0.25) is 4.90 Å². The average Bonchev–Trinajstić information content (AvgIpc) is 2.86. The van der Waals surface area contributed by atoms with Gasteiger partial charge in [0.05, 0.1) is 19.8 Å². The van der Waals surface area contributed by atoms with Crippen LogP contribution in [-0.4, -0.2) is 32.2 Å². The summed E-state index contributed by atoms with van der Waals surface area (Å²) < 4.78 is 11.0. The van der Waals surface area contributed by atoms with Crippen LogP contribution in [-0.2, 0) is 0 Å². The van der Waals surface area contributed by atoms with Crippen molar-refractivity contribution in [2.24, 2.45) is 0 Å². The second-order valence-corrected chi connectivity index (χ2v) is 4.77. The molecule has 0 amide bonds. The van der Waals surface area contributed by atoms with Gasteiger partial charge in [0, 0.05) is 6.04 Å². The second-order valence-electron chi connectivity index (χ2n) is 4.77. The summed E-state index contributed by atoms with van der Waals surface area (Å²) in [6.07, 6.45) is 3.64. The molecule has 100 valence electrons. The van der Waals surface area contributed by atoms with Crippen molar-refractivity contribution in [3.05, 3.63) is 23.8 Å². The van der Waals surface area contributed by atoms with Gasteiger partial charge in [-0.1, -0.05) is 13.0 Å². The monoisotopic (exact) mass is 249 g/mol. The van der Waals surface area contributed by atoms with Crippen LogP contribution in [0.2, 0.25) is 0 Å². The summed E-state index contributed by atoms with van der Waals surface area (Å²) in [7, 11) is 3.47. The fourth-order valence-electron chi connectivity index (χ4n) is 2.92. The van der Waals surface area contributed by atoms with Crippen molar-refractivity contribution in [3.8, 4) is 11.5 Å². The van der Waals surface area contributed by atoms with Gasteiger partial charge in [0.25, 0.3) is 0 Å². The largest absolute Gasteiger partial charge is 0.496 e. The fourth-order valence-corrected chi connectivity index (χ4v) is 2.92. The summed E-state index contributed by atoms with van der Waals surface area (Å²) in [5.41, 5.74) is 1.22. The van der Waals surface area contributed by atoms with E-state index in [9.17, 15) is 0 Å². The number of hydrogen-bond donors (Lipinski definition) is 0. The molecule has 1 fully saturated rings. The van der Waals surface area contributed by atoms with E-state index in [4.69, 9.17) is 9.47 Å². The maximum Gasteiger partial charge on any atom is 0.127 e. The topological polar surface area (TPSA) is 21.7 Å². The van der Waals surface area contributed by atoms with Gasteiger partial charge in [0.15, 0.2) is 0 Å². The quantitative estimate of drug-likeness (QED) is 0.799.